The maximum atomic E-state index is 11.7. The van der Waals surface area contributed by atoms with Crippen LogP contribution in [0.3, 0.4) is 0 Å². The predicted molar refractivity (Wildman–Crippen MR) is 53.1 cm³/mol. The molecule has 0 aromatic carbocycles. The number of halogens is 5. The van der Waals surface area contributed by atoms with E-state index in [1.165, 1.54) is 0 Å². The van der Waals surface area contributed by atoms with Gasteiger partial charge in [-0.15, -0.1) is 0 Å². The second-order valence-corrected chi connectivity index (χ2v) is 4.16. The normalized spacial score (nSPS) is 11.8. The summed E-state index contributed by atoms with van der Waals surface area (Å²) in [5.74, 6) is 0.181. The molecule has 1 heterocycles. The highest BCUT2D eigenvalue weighted by Crippen LogP contribution is 2.16. The molecular weight excluding hydrogens is 345 g/mol. The fourth-order valence-electron chi connectivity index (χ4n) is 0.757. The van der Waals surface area contributed by atoms with Crippen molar-refractivity contribution in [2.45, 2.75) is 12.8 Å². The van der Waals surface area contributed by atoms with Gasteiger partial charge < -0.3 is 4.74 Å². The van der Waals surface area contributed by atoms with Crippen molar-refractivity contribution in [3.05, 3.63) is 21.1 Å². The Bertz CT molecular complexity index is 325. The summed E-state index contributed by atoms with van der Waals surface area (Å²) in [4.78, 5) is 7.67. The Balaban J connectivity index is 2.51. The van der Waals surface area contributed by atoms with Crippen molar-refractivity contribution in [2.75, 3.05) is 6.61 Å². The highest BCUT2D eigenvalue weighted by molar-refractivity contribution is 9.11. The molecule has 0 spiro atoms. The standard InChI is InChI=1S/C7H5Br2F3N2O/c8-4-1-5(9)14-6(13-4)2-15-3-7(10,11)12/h1H,2-3H2. The first-order valence-electron chi connectivity index (χ1n) is 3.70. The van der Waals surface area contributed by atoms with Crippen LogP contribution < -0.4 is 0 Å². The van der Waals surface area contributed by atoms with Crippen LogP contribution in [0.5, 0.6) is 0 Å². The number of aromatic nitrogens is 2. The molecule has 0 fully saturated rings. The van der Waals surface area contributed by atoms with Gasteiger partial charge in [-0.3, -0.25) is 0 Å². The van der Waals surface area contributed by atoms with Gasteiger partial charge in [0.2, 0.25) is 0 Å². The summed E-state index contributed by atoms with van der Waals surface area (Å²) in [5.41, 5.74) is 0. The molecule has 0 aliphatic carbocycles. The first-order chi connectivity index (χ1) is 6.87. The zero-order chi connectivity index (χ0) is 11.5. The molecule has 3 nitrogen and oxygen atoms in total. The van der Waals surface area contributed by atoms with Crippen molar-refractivity contribution in [1.29, 1.82) is 0 Å². The number of rotatable bonds is 3. The largest absolute Gasteiger partial charge is 0.411 e. The third-order valence-corrected chi connectivity index (χ3v) is 2.02. The summed E-state index contributed by atoms with van der Waals surface area (Å²) < 4.78 is 40.6. The maximum absolute atomic E-state index is 11.7. The van der Waals surface area contributed by atoms with Crippen LogP contribution in [-0.4, -0.2) is 22.8 Å². The summed E-state index contributed by atoms with van der Waals surface area (Å²) in [6, 6.07) is 1.58. The van der Waals surface area contributed by atoms with Crippen molar-refractivity contribution in [3.8, 4) is 0 Å². The van der Waals surface area contributed by atoms with Gasteiger partial charge in [0.1, 0.15) is 22.4 Å². The Morgan fingerprint density at radius 2 is 1.73 bits per heavy atom. The van der Waals surface area contributed by atoms with E-state index in [0.29, 0.717) is 9.21 Å². The van der Waals surface area contributed by atoms with Crippen LogP contribution in [0.15, 0.2) is 15.3 Å². The zero-order valence-electron chi connectivity index (χ0n) is 7.18. The molecule has 0 N–H and O–H groups in total. The molecule has 1 aromatic heterocycles. The minimum Gasteiger partial charge on any atom is -0.364 e. The number of alkyl halides is 3. The fourth-order valence-corrected chi connectivity index (χ4v) is 1.91. The topological polar surface area (TPSA) is 35.0 Å². The Kier molecular flexibility index (Phi) is 4.47. The molecule has 0 saturated heterocycles. The average molecular weight is 350 g/mol. The Morgan fingerprint density at radius 1 is 1.20 bits per heavy atom. The van der Waals surface area contributed by atoms with Crippen molar-refractivity contribution >= 4 is 31.9 Å². The summed E-state index contributed by atoms with van der Waals surface area (Å²) in [6.07, 6.45) is -4.33. The predicted octanol–water partition coefficient (Wildman–Crippen LogP) is 3.08. The van der Waals surface area contributed by atoms with Gasteiger partial charge in [0.25, 0.3) is 0 Å². The van der Waals surface area contributed by atoms with Crippen LogP contribution >= 0.6 is 31.9 Å². The van der Waals surface area contributed by atoms with E-state index in [1.807, 2.05) is 0 Å². The molecule has 84 valence electrons. The number of hydrogen-bond donors (Lipinski definition) is 0. The number of nitrogens with zero attached hydrogens (tertiary/aromatic N) is 2. The van der Waals surface area contributed by atoms with Crippen molar-refractivity contribution in [1.82, 2.24) is 9.97 Å². The molecule has 8 heteroatoms. The fraction of sp³-hybridized carbons (Fsp3) is 0.429. The Hall–Kier alpha value is -0.210. The highest BCUT2D eigenvalue weighted by Gasteiger charge is 2.27. The van der Waals surface area contributed by atoms with E-state index in [-0.39, 0.29) is 12.4 Å². The molecule has 0 radical (unpaired) electrons. The molecule has 15 heavy (non-hydrogen) atoms. The molecule has 1 aromatic rings. The van der Waals surface area contributed by atoms with E-state index in [9.17, 15) is 13.2 Å². The maximum Gasteiger partial charge on any atom is 0.411 e. The molecule has 0 bridgehead atoms. The van der Waals surface area contributed by atoms with Crippen molar-refractivity contribution in [3.63, 3.8) is 0 Å². The lowest BCUT2D eigenvalue weighted by atomic mass is 10.6. The summed E-state index contributed by atoms with van der Waals surface area (Å²) in [6.45, 7) is -1.59. The molecule has 0 aliphatic rings. The molecule has 0 saturated carbocycles. The second-order valence-electron chi connectivity index (χ2n) is 2.54. The van der Waals surface area contributed by atoms with E-state index in [1.54, 1.807) is 6.07 Å². The van der Waals surface area contributed by atoms with E-state index in [0.717, 1.165) is 0 Å². The molecule has 0 amide bonds. The van der Waals surface area contributed by atoms with Gasteiger partial charge in [-0.2, -0.15) is 13.2 Å². The minimum atomic E-state index is -4.33. The summed E-state index contributed by atoms with van der Waals surface area (Å²) >= 11 is 6.17. The highest BCUT2D eigenvalue weighted by atomic mass is 79.9. The number of ether oxygens (including phenoxy) is 1. The minimum absolute atomic E-state index is 0.181. The molecule has 1 rings (SSSR count). The first-order valence-corrected chi connectivity index (χ1v) is 5.29. The van der Waals surface area contributed by atoms with Gasteiger partial charge in [-0.05, 0) is 31.9 Å². The third kappa shape index (κ3) is 5.43. The molecular formula is C7H5Br2F3N2O. The summed E-state index contributed by atoms with van der Waals surface area (Å²) in [5, 5.41) is 0. The second kappa shape index (κ2) is 5.22. The lowest BCUT2D eigenvalue weighted by molar-refractivity contribution is -0.177. The molecule has 0 aliphatic heterocycles. The van der Waals surface area contributed by atoms with Crippen LogP contribution in [0.2, 0.25) is 0 Å². The molecule has 0 atom stereocenters. The van der Waals surface area contributed by atoms with Crippen molar-refractivity contribution in [2.24, 2.45) is 0 Å². The van der Waals surface area contributed by atoms with Crippen LogP contribution in [0.25, 0.3) is 0 Å². The molecule has 0 unspecified atom stereocenters. The van der Waals surface area contributed by atoms with E-state index in [2.05, 4.69) is 46.6 Å². The van der Waals surface area contributed by atoms with Crippen LogP contribution in [0.1, 0.15) is 5.82 Å². The smallest absolute Gasteiger partial charge is 0.364 e. The average Bonchev–Trinajstić information content (AvgIpc) is 1.99. The SMILES string of the molecule is FC(F)(F)COCc1nc(Br)cc(Br)n1. The first kappa shape index (κ1) is 12.9. The van der Waals surface area contributed by atoms with Gasteiger partial charge in [0, 0.05) is 6.07 Å². The van der Waals surface area contributed by atoms with Gasteiger partial charge in [0.15, 0.2) is 5.82 Å². The monoisotopic (exact) mass is 348 g/mol. The Labute approximate surface area is 100 Å². The lowest BCUT2D eigenvalue weighted by Crippen LogP contribution is -2.17. The van der Waals surface area contributed by atoms with Gasteiger partial charge >= 0.3 is 6.18 Å². The Morgan fingerprint density at radius 3 is 2.20 bits per heavy atom. The lowest BCUT2D eigenvalue weighted by Gasteiger charge is -2.06. The van der Waals surface area contributed by atoms with Crippen molar-refractivity contribution < 1.29 is 17.9 Å². The van der Waals surface area contributed by atoms with E-state index < -0.39 is 12.8 Å². The third-order valence-electron chi connectivity index (χ3n) is 1.21. The van der Waals surface area contributed by atoms with Crippen LogP contribution in [-0.2, 0) is 11.3 Å². The quantitative estimate of drug-likeness (QED) is 0.786. The van der Waals surface area contributed by atoms with Gasteiger partial charge in [-0.25, -0.2) is 9.97 Å². The van der Waals surface area contributed by atoms with Crippen LogP contribution in [0, 0.1) is 0 Å². The zero-order valence-corrected chi connectivity index (χ0v) is 10.4. The van der Waals surface area contributed by atoms with Gasteiger partial charge in [-0.1, -0.05) is 0 Å². The van der Waals surface area contributed by atoms with E-state index in [4.69, 9.17) is 0 Å². The summed E-state index contributed by atoms with van der Waals surface area (Å²) in [7, 11) is 0. The number of hydrogen-bond acceptors (Lipinski definition) is 3. The van der Waals surface area contributed by atoms with Gasteiger partial charge in [0.05, 0.1) is 0 Å². The van der Waals surface area contributed by atoms with E-state index >= 15 is 0 Å². The van der Waals surface area contributed by atoms with Crippen LogP contribution in [0.4, 0.5) is 13.2 Å².